The molecule has 0 saturated heterocycles. The predicted molar refractivity (Wildman–Crippen MR) is 542 cm³/mol. The van der Waals surface area contributed by atoms with E-state index in [9.17, 15) is 0 Å². The molecule has 0 aliphatic rings. The van der Waals surface area contributed by atoms with Crippen molar-refractivity contribution in [3.63, 3.8) is 0 Å². The molecule has 2 aromatic heterocycles. The molecule has 596 valence electrons. The zero-order valence-electron chi connectivity index (χ0n) is 70.6. The van der Waals surface area contributed by atoms with Crippen molar-refractivity contribution in [1.29, 1.82) is 0 Å². The van der Waals surface area contributed by atoms with Gasteiger partial charge < -0.3 is 18.9 Å². The Morgan fingerprint density at radius 1 is 0.165 bits per heavy atom. The number of nitrogens with zero attached hydrogens (tertiary/aromatic N) is 4. The summed E-state index contributed by atoms with van der Waals surface area (Å²) in [6.45, 7) is 6.80. The number of hydrogen-bond donors (Lipinski definition) is 0. The first-order valence-electron chi connectivity index (χ1n) is 44.0. The Kier molecular flexibility index (Phi) is 17.9. The van der Waals surface area contributed by atoms with Crippen molar-refractivity contribution in [2.45, 2.75) is 20.8 Å². The maximum atomic E-state index is 2.46. The van der Waals surface area contributed by atoms with Gasteiger partial charge in [-0.2, -0.15) is 0 Å². The minimum atomic E-state index is 1.08. The van der Waals surface area contributed by atoms with Crippen LogP contribution in [0.15, 0.2) is 455 Å². The first-order chi connectivity index (χ1) is 62.7. The van der Waals surface area contributed by atoms with Crippen LogP contribution in [-0.4, -0.2) is 9.13 Å². The van der Waals surface area contributed by atoms with E-state index in [2.05, 4.69) is 495 Å². The number of rotatable bonds is 15. The van der Waals surface area contributed by atoms with Gasteiger partial charge in [-0.05, 0) is 338 Å². The Morgan fingerprint density at radius 3 is 0.945 bits per heavy atom. The molecule has 0 amide bonds. The van der Waals surface area contributed by atoms with Gasteiger partial charge >= 0.3 is 0 Å². The van der Waals surface area contributed by atoms with Crippen LogP contribution in [0.25, 0.3) is 198 Å². The molecule has 0 unspecified atom stereocenters. The van der Waals surface area contributed by atoms with Gasteiger partial charge in [0.2, 0.25) is 0 Å². The Morgan fingerprint density at radius 2 is 0.472 bits per heavy atom. The maximum absolute atomic E-state index is 2.46. The lowest BCUT2D eigenvalue weighted by Gasteiger charge is -2.29. The Hall–Kier alpha value is -16.4. The Labute approximate surface area is 737 Å². The highest BCUT2D eigenvalue weighted by Gasteiger charge is 2.24. The molecule has 127 heavy (non-hydrogen) atoms. The molecule has 4 nitrogen and oxygen atoms in total. The first kappa shape index (κ1) is 74.4. The van der Waals surface area contributed by atoms with Crippen LogP contribution in [0.5, 0.6) is 0 Å². The molecular formula is C123H84N4. The number of aromatic nitrogens is 2. The van der Waals surface area contributed by atoms with Gasteiger partial charge in [-0.1, -0.05) is 297 Å². The van der Waals surface area contributed by atoms with E-state index >= 15 is 0 Å². The van der Waals surface area contributed by atoms with E-state index in [1.807, 2.05) is 0 Å². The average Bonchev–Trinajstić information content (AvgIpc) is 1.74. The molecule has 0 saturated carbocycles. The number of hydrogen-bond acceptors (Lipinski definition) is 2. The first-order valence-corrected chi connectivity index (χ1v) is 44.0. The standard InChI is InChI=1S/C123H84N4/c1-79-68-90(88-25-20-27-104(74-88)126-119-38-16-12-34-111(119)112-35-13-17-39-120(112)126)58-67-118(79)124(101-63-54-85(55-64-101)115-77-97-24-6-7-29-106(97)107-30-8-9-31-108(107)115)100-59-50-83(51-60-100)92-44-45-94-73-95(47-46-93(94)72-92)96-48-49-98-78-116(109-32-10-11-33-110(109)117(98)76-96)86-56-65-103(66-57-86)125(102-61-52-84(53-62-102)91-43-42-82-22-4-5-23-87(82)71-91)123-80(2)69-99(70-81(123)3)89-26-21-28-105(75-89)127-121-40-18-14-36-113(121)114-37-15-19-41-122(114)127/h4-78H,1-3H3. The summed E-state index contributed by atoms with van der Waals surface area (Å²) in [7, 11) is 0. The topological polar surface area (TPSA) is 16.3 Å². The highest BCUT2D eigenvalue weighted by atomic mass is 15.2. The molecule has 0 bridgehead atoms. The minimum Gasteiger partial charge on any atom is -0.310 e. The van der Waals surface area contributed by atoms with E-state index in [0.29, 0.717) is 0 Å². The van der Waals surface area contributed by atoms with E-state index in [0.717, 1.165) is 56.6 Å². The summed E-state index contributed by atoms with van der Waals surface area (Å²) in [6, 6.07) is 169. The lowest BCUT2D eigenvalue weighted by atomic mass is 9.91. The number of para-hydroxylation sites is 4. The van der Waals surface area contributed by atoms with Gasteiger partial charge in [0.05, 0.1) is 27.8 Å². The van der Waals surface area contributed by atoms with Crippen molar-refractivity contribution in [3.05, 3.63) is 472 Å². The SMILES string of the molecule is Cc1cc(-c2cccc(-n3c4ccccc4c4ccccc43)c2)ccc1N(c1ccc(-c2ccc3cc(-c4ccc5cc(-c6ccc(N(c7ccc(-c8ccc9ccccc9c8)cc7)c7c(C)cc(-c8cccc(-n9c%10ccccc%10c%10ccccc%109)c8)cc7C)cc6)c6ccccc6c5c4)ccc3c2)cc1)c1ccc(-c2cc3ccccc3c3ccccc23)cc1. The largest absolute Gasteiger partial charge is 0.310 e. The van der Waals surface area contributed by atoms with Gasteiger partial charge in [0.25, 0.3) is 0 Å². The third-order valence-corrected chi connectivity index (χ3v) is 26.5. The van der Waals surface area contributed by atoms with Crippen LogP contribution in [0, 0.1) is 20.8 Å². The van der Waals surface area contributed by atoms with E-state index in [1.165, 1.54) is 192 Å². The van der Waals surface area contributed by atoms with Gasteiger partial charge in [-0.3, -0.25) is 0 Å². The fourth-order valence-electron chi connectivity index (χ4n) is 20.4. The van der Waals surface area contributed by atoms with Crippen molar-refractivity contribution >= 4 is 142 Å². The van der Waals surface area contributed by atoms with Gasteiger partial charge in [-0.15, -0.1) is 0 Å². The van der Waals surface area contributed by atoms with Crippen molar-refractivity contribution in [1.82, 2.24) is 9.13 Å². The molecule has 22 aromatic carbocycles. The summed E-state index contributed by atoms with van der Waals surface area (Å²) < 4.78 is 4.81. The second kappa shape index (κ2) is 30.6. The maximum Gasteiger partial charge on any atom is 0.0541 e. The summed E-state index contributed by atoms with van der Waals surface area (Å²) in [5, 5.41) is 19.8. The van der Waals surface area contributed by atoms with Gasteiger partial charge in [0.15, 0.2) is 0 Å². The summed E-state index contributed by atoms with van der Waals surface area (Å²) in [6.07, 6.45) is 0. The second-order valence-electron chi connectivity index (χ2n) is 34.1. The second-order valence-corrected chi connectivity index (χ2v) is 34.1. The smallest absolute Gasteiger partial charge is 0.0541 e. The molecule has 4 heteroatoms. The molecular weight excluding hydrogens is 1530 g/mol. The molecule has 0 N–H and O–H groups in total. The zero-order chi connectivity index (χ0) is 84.3. The molecule has 0 radical (unpaired) electrons. The van der Waals surface area contributed by atoms with Crippen LogP contribution >= 0.6 is 0 Å². The Balaban J connectivity index is 0.531. The number of aryl methyl sites for hydroxylation is 3. The summed E-state index contributed by atoms with van der Waals surface area (Å²) in [4.78, 5) is 4.88. The summed E-state index contributed by atoms with van der Waals surface area (Å²) in [5.74, 6) is 0. The van der Waals surface area contributed by atoms with Gasteiger partial charge in [0, 0.05) is 61.4 Å². The van der Waals surface area contributed by atoms with E-state index < -0.39 is 0 Å². The monoisotopic (exact) mass is 1620 g/mol. The van der Waals surface area contributed by atoms with Crippen molar-refractivity contribution in [3.8, 4) is 89.3 Å². The zero-order valence-corrected chi connectivity index (χ0v) is 70.6. The number of benzene rings is 22. The normalized spacial score (nSPS) is 11.7. The lowest BCUT2D eigenvalue weighted by Crippen LogP contribution is -2.13. The molecule has 2 heterocycles. The Bertz CT molecular complexity index is 8410. The van der Waals surface area contributed by atoms with Crippen LogP contribution in [0.4, 0.5) is 34.1 Å². The molecule has 0 aliphatic carbocycles. The van der Waals surface area contributed by atoms with E-state index in [1.54, 1.807) is 0 Å². The van der Waals surface area contributed by atoms with Crippen LogP contribution in [-0.2, 0) is 0 Å². The molecule has 0 aliphatic heterocycles. The van der Waals surface area contributed by atoms with Crippen LogP contribution < -0.4 is 9.80 Å². The molecule has 24 rings (SSSR count). The van der Waals surface area contributed by atoms with Crippen LogP contribution in [0.2, 0.25) is 0 Å². The summed E-state index contributed by atoms with van der Waals surface area (Å²) in [5.41, 5.74) is 33.8. The van der Waals surface area contributed by atoms with Crippen molar-refractivity contribution < 1.29 is 0 Å². The quantitative estimate of drug-likeness (QED) is 0.0951. The molecule has 0 atom stereocenters. The molecule has 0 fully saturated rings. The highest BCUT2D eigenvalue weighted by molar-refractivity contribution is 6.17. The molecule has 0 spiro atoms. The molecule has 24 aromatic rings. The third-order valence-electron chi connectivity index (χ3n) is 26.5. The van der Waals surface area contributed by atoms with Crippen molar-refractivity contribution in [2.24, 2.45) is 0 Å². The third kappa shape index (κ3) is 13.0. The van der Waals surface area contributed by atoms with Crippen molar-refractivity contribution in [2.75, 3.05) is 9.80 Å². The van der Waals surface area contributed by atoms with Gasteiger partial charge in [-0.25, -0.2) is 0 Å². The minimum absolute atomic E-state index is 1.08. The predicted octanol–water partition coefficient (Wildman–Crippen LogP) is 34.3. The number of anilines is 6. The fraction of sp³-hybridized carbons (Fsp3) is 0.0244. The van der Waals surface area contributed by atoms with E-state index in [-0.39, 0.29) is 0 Å². The summed E-state index contributed by atoms with van der Waals surface area (Å²) >= 11 is 0. The average molecular weight is 1620 g/mol. The van der Waals surface area contributed by atoms with Crippen LogP contribution in [0.1, 0.15) is 16.7 Å². The highest BCUT2D eigenvalue weighted by Crippen LogP contribution is 2.48. The fourth-order valence-corrected chi connectivity index (χ4v) is 20.4. The van der Waals surface area contributed by atoms with Gasteiger partial charge in [0.1, 0.15) is 0 Å². The number of fused-ring (bicyclic) bond motifs is 14. The van der Waals surface area contributed by atoms with E-state index in [4.69, 9.17) is 0 Å². The lowest BCUT2D eigenvalue weighted by molar-refractivity contribution is 1.18. The van der Waals surface area contributed by atoms with Crippen LogP contribution in [0.3, 0.4) is 0 Å².